The maximum absolute atomic E-state index is 12.9. The molecule has 0 bridgehead atoms. The van der Waals surface area contributed by atoms with E-state index in [9.17, 15) is 13.2 Å². The van der Waals surface area contributed by atoms with E-state index in [1.54, 1.807) is 7.05 Å². The Labute approximate surface area is 192 Å². The first-order chi connectivity index (χ1) is 15.9. The van der Waals surface area contributed by atoms with Gasteiger partial charge in [0.15, 0.2) is 5.58 Å². The number of fused-ring (bicyclic) bond motifs is 3. The van der Waals surface area contributed by atoms with Crippen molar-refractivity contribution < 1.29 is 12.8 Å². The summed E-state index contributed by atoms with van der Waals surface area (Å²) in [6, 6.07) is 21.2. The van der Waals surface area contributed by atoms with Crippen LogP contribution in [0.15, 0.2) is 80.8 Å². The van der Waals surface area contributed by atoms with Crippen LogP contribution < -0.4 is 15.4 Å². The summed E-state index contributed by atoms with van der Waals surface area (Å²) in [5.41, 5.74) is 5.76. The van der Waals surface area contributed by atoms with Crippen LogP contribution in [0.1, 0.15) is 17.5 Å². The Morgan fingerprint density at radius 1 is 0.939 bits per heavy atom. The molecule has 0 saturated heterocycles. The quantitative estimate of drug-likeness (QED) is 0.441. The molecular formula is C25H25N3O4S. The lowest BCUT2D eigenvalue weighted by Crippen LogP contribution is -2.28. The maximum atomic E-state index is 12.9. The van der Waals surface area contributed by atoms with Gasteiger partial charge in [0.2, 0.25) is 10.0 Å². The number of para-hydroxylation sites is 2. The molecule has 0 saturated carbocycles. The van der Waals surface area contributed by atoms with Crippen molar-refractivity contribution in [3.05, 3.63) is 88.4 Å². The number of nitrogens with zero attached hydrogens (tertiary/aromatic N) is 2. The third-order valence-electron chi connectivity index (χ3n) is 6.15. The van der Waals surface area contributed by atoms with Crippen LogP contribution in [0, 0.1) is 0 Å². The predicted octanol–water partition coefficient (Wildman–Crippen LogP) is 3.74. The minimum absolute atomic E-state index is 0.108. The van der Waals surface area contributed by atoms with Gasteiger partial charge in [0.25, 0.3) is 0 Å². The van der Waals surface area contributed by atoms with Crippen LogP contribution >= 0.6 is 0 Å². The molecule has 0 radical (unpaired) electrons. The van der Waals surface area contributed by atoms with Crippen molar-refractivity contribution in [2.24, 2.45) is 7.05 Å². The Balaban J connectivity index is 1.32. The Morgan fingerprint density at radius 2 is 1.58 bits per heavy atom. The van der Waals surface area contributed by atoms with Crippen molar-refractivity contribution >= 4 is 32.5 Å². The average Bonchev–Trinajstić information content (AvgIpc) is 3.01. The Morgan fingerprint density at radius 3 is 2.24 bits per heavy atom. The Hall–Kier alpha value is -3.36. The van der Waals surface area contributed by atoms with Crippen LogP contribution in [0.5, 0.6) is 0 Å². The summed E-state index contributed by atoms with van der Waals surface area (Å²) in [4.78, 5) is 14.1. The molecule has 3 aromatic carbocycles. The molecule has 0 unspecified atom stereocenters. The molecule has 1 aliphatic rings. The van der Waals surface area contributed by atoms with E-state index in [1.165, 1.54) is 45.3 Å². The second kappa shape index (κ2) is 8.53. The molecule has 1 aliphatic heterocycles. The molecule has 0 amide bonds. The first-order valence-corrected chi connectivity index (χ1v) is 12.4. The van der Waals surface area contributed by atoms with E-state index in [0.717, 1.165) is 12.8 Å². The van der Waals surface area contributed by atoms with Gasteiger partial charge < -0.3 is 9.32 Å². The standard InChI is InChI=1S/C25H25N3O4S/c1-27-23-17-20(13-14-24(23)32-25(27)29)33(30,31)26-15-6-16-28-21-9-4-2-7-18(21)11-12-19-8-3-5-10-22(19)28/h2-5,7-10,13-14,17,26H,6,11-12,15-16H2,1H3. The molecule has 7 nitrogen and oxygen atoms in total. The highest BCUT2D eigenvalue weighted by molar-refractivity contribution is 7.89. The zero-order valence-electron chi connectivity index (χ0n) is 18.3. The largest absolute Gasteiger partial charge is 0.419 e. The Bertz CT molecular complexity index is 1440. The van der Waals surface area contributed by atoms with Crippen molar-refractivity contribution in [3.63, 3.8) is 0 Å². The highest BCUT2D eigenvalue weighted by Crippen LogP contribution is 2.35. The SMILES string of the molecule is Cn1c(=O)oc2ccc(S(=O)(=O)NCCCN3c4ccccc4CCc4ccccc43)cc21. The monoisotopic (exact) mass is 463 g/mol. The first-order valence-electron chi connectivity index (χ1n) is 11.0. The summed E-state index contributed by atoms with van der Waals surface area (Å²) >= 11 is 0. The van der Waals surface area contributed by atoms with E-state index in [-0.39, 0.29) is 4.90 Å². The van der Waals surface area contributed by atoms with Gasteiger partial charge in [-0.25, -0.2) is 17.9 Å². The van der Waals surface area contributed by atoms with E-state index in [1.807, 2.05) is 12.1 Å². The van der Waals surface area contributed by atoms with E-state index in [0.29, 0.717) is 30.6 Å². The molecule has 1 aromatic heterocycles. The van der Waals surface area contributed by atoms with Gasteiger partial charge >= 0.3 is 5.76 Å². The van der Waals surface area contributed by atoms with Crippen LogP contribution in [0.4, 0.5) is 11.4 Å². The summed E-state index contributed by atoms with van der Waals surface area (Å²) in [6.07, 6.45) is 2.60. The van der Waals surface area contributed by atoms with E-state index < -0.39 is 15.8 Å². The fourth-order valence-corrected chi connectivity index (χ4v) is 5.51. The van der Waals surface area contributed by atoms with Gasteiger partial charge in [-0.3, -0.25) is 4.57 Å². The normalized spacial score (nSPS) is 13.5. The topological polar surface area (TPSA) is 84.5 Å². The number of sulfonamides is 1. The van der Waals surface area contributed by atoms with Crippen molar-refractivity contribution in [1.82, 2.24) is 9.29 Å². The van der Waals surface area contributed by atoms with Gasteiger partial charge in [-0.1, -0.05) is 36.4 Å². The van der Waals surface area contributed by atoms with Crippen LogP contribution in [0.2, 0.25) is 0 Å². The summed E-state index contributed by atoms with van der Waals surface area (Å²) in [6.45, 7) is 0.983. The van der Waals surface area contributed by atoms with Crippen LogP contribution in [0.3, 0.4) is 0 Å². The second-order valence-electron chi connectivity index (χ2n) is 8.22. The molecule has 33 heavy (non-hydrogen) atoms. The molecule has 0 aliphatic carbocycles. The van der Waals surface area contributed by atoms with Gasteiger partial charge in [-0.2, -0.15) is 0 Å². The van der Waals surface area contributed by atoms with E-state index in [4.69, 9.17) is 4.42 Å². The molecule has 170 valence electrons. The summed E-state index contributed by atoms with van der Waals surface area (Å²) in [5, 5.41) is 0. The fourth-order valence-electron chi connectivity index (χ4n) is 4.41. The van der Waals surface area contributed by atoms with Gasteiger partial charge in [0.1, 0.15) is 0 Å². The van der Waals surface area contributed by atoms with Gasteiger partial charge in [-0.15, -0.1) is 0 Å². The van der Waals surface area contributed by atoms with Crippen LogP contribution in [-0.4, -0.2) is 26.1 Å². The van der Waals surface area contributed by atoms with Crippen LogP contribution in [0.25, 0.3) is 11.1 Å². The van der Waals surface area contributed by atoms with Gasteiger partial charge in [0.05, 0.1) is 10.4 Å². The zero-order valence-corrected chi connectivity index (χ0v) is 19.1. The van der Waals surface area contributed by atoms with Crippen molar-refractivity contribution in [1.29, 1.82) is 0 Å². The predicted molar refractivity (Wildman–Crippen MR) is 129 cm³/mol. The summed E-state index contributed by atoms with van der Waals surface area (Å²) < 4.78 is 34.8. The van der Waals surface area contributed by atoms with E-state index in [2.05, 4.69) is 46.0 Å². The molecule has 2 heterocycles. The van der Waals surface area contributed by atoms with Crippen molar-refractivity contribution in [2.45, 2.75) is 24.2 Å². The highest BCUT2D eigenvalue weighted by Gasteiger charge is 2.21. The molecule has 1 N–H and O–H groups in total. The molecule has 5 rings (SSSR count). The molecule has 0 spiro atoms. The Kier molecular flexibility index (Phi) is 5.55. The smallest absolute Gasteiger partial charge is 0.408 e. The molecule has 0 atom stereocenters. The van der Waals surface area contributed by atoms with Crippen LogP contribution in [-0.2, 0) is 29.9 Å². The third kappa shape index (κ3) is 4.07. The molecular weight excluding hydrogens is 438 g/mol. The lowest BCUT2D eigenvalue weighted by atomic mass is 10.0. The zero-order chi connectivity index (χ0) is 23.0. The lowest BCUT2D eigenvalue weighted by molar-refractivity contribution is 0.528. The fraction of sp³-hybridized carbons (Fsp3) is 0.240. The highest BCUT2D eigenvalue weighted by atomic mass is 32.2. The number of aromatic nitrogens is 1. The third-order valence-corrected chi connectivity index (χ3v) is 7.61. The number of hydrogen-bond donors (Lipinski definition) is 1. The molecule has 8 heteroatoms. The lowest BCUT2D eigenvalue weighted by Gasteiger charge is -2.27. The number of nitrogens with one attached hydrogen (secondary N) is 1. The van der Waals surface area contributed by atoms with Gasteiger partial charge in [-0.05, 0) is 60.7 Å². The number of anilines is 2. The second-order valence-corrected chi connectivity index (χ2v) is 9.98. The van der Waals surface area contributed by atoms with Crippen molar-refractivity contribution in [2.75, 3.05) is 18.0 Å². The number of aryl methyl sites for hydroxylation is 3. The minimum atomic E-state index is -3.72. The maximum Gasteiger partial charge on any atom is 0.419 e. The van der Waals surface area contributed by atoms with E-state index >= 15 is 0 Å². The minimum Gasteiger partial charge on any atom is -0.408 e. The van der Waals surface area contributed by atoms with Gasteiger partial charge in [0, 0.05) is 31.5 Å². The number of hydrogen-bond acceptors (Lipinski definition) is 5. The molecule has 0 fully saturated rings. The number of rotatable bonds is 6. The first kappa shape index (κ1) is 21.5. The summed E-state index contributed by atoms with van der Waals surface area (Å²) in [7, 11) is -2.17. The summed E-state index contributed by atoms with van der Waals surface area (Å²) in [5.74, 6) is -0.523. The molecule has 4 aromatic rings. The number of benzene rings is 3. The van der Waals surface area contributed by atoms with Crippen molar-refractivity contribution in [3.8, 4) is 0 Å². The number of oxazole rings is 1. The average molecular weight is 464 g/mol.